The fraction of sp³-hybridized carbons (Fsp3) is 0.450. The van der Waals surface area contributed by atoms with Crippen LogP contribution in [0.2, 0.25) is 0 Å². The Morgan fingerprint density at radius 1 is 1.05 bits per heavy atom. The van der Waals surface area contributed by atoms with Crippen molar-refractivity contribution in [1.29, 1.82) is 0 Å². The predicted octanol–water partition coefficient (Wildman–Crippen LogP) is 5.89. The Hall–Kier alpha value is -1.41. The van der Waals surface area contributed by atoms with Crippen LogP contribution < -0.4 is 0 Å². The molecule has 22 heavy (non-hydrogen) atoms. The van der Waals surface area contributed by atoms with Crippen molar-refractivity contribution in [2.24, 2.45) is 0 Å². The van der Waals surface area contributed by atoms with E-state index < -0.39 is 0 Å². The van der Waals surface area contributed by atoms with Crippen LogP contribution in [0.3, 0.4) is 0 Å². The van der Waals surface area contributed by atoms with E-state index in [2.05, 4.69) is 52.8 Å². The number of hydrogen-bond donors (Lipinski definition) is 0. The third-order valence-electron chi connectivity index (χ3n) is 5.07. The molecule has 0 unspecified atom stereocenters. The largest absolute Gasteiger partial charge is 0.297 e. The summed E-state index contributed by atoms with van der Waals surface area (Å²) in [5, 5.41) is 0. The number of aldehydes is 1. The highest BCUT2D eigenvalue weighted by Crippen LogP contribution is 2.50. The van der Waals surface area contributed by atoms with Gasteiger partial charge < -0.3 is 0 Å². The van der Waals surface area contributed by atoms with Crippen LogP contribution in [0.25, 0.3) is 10.4 Å². The lowest BCUT2D eigenvalue weighted by Crippen LogP contribution is -2.34. The second kappa shape index (κ2) is 5.06. The van der Waals surface area contributed by atoms with E-state index in [1.54, 1.807) is 11.3 Å². The van der Waals surface area contributed by atoms with Gasteiger partial charge in [0.2, 0.25) is 0 Å². The minimum absolute atomic E-state index is 0.180. The summed E-state index contributed by atoms with van der Waals surface area (Å²) < 4.78 is 0. The molecule has 1 aromatic heterocycles. The van der Waals surface area contributed by atoms with Gasteiger partial charge in [-0.05, 0) is 59.4 Å². The highest BCUT2D eigenvalue weighted by Gasteiger charge is 2.39. The van der Waals surface area contributed by atoms with E-state index in [0.717, 1.165) is 11.2 Å². The van der Waals surface area contributed by atoms with Crippen LogP contribution in [0.15, 0.2) is 24.3 Å². The Bertz CT molecular complexity index is 734. The smallest absolute Gasteiger partial charge is 0.160 e. The van der Waals surface area contributed by atoms with E-state index in [4.69, 9.17) is 0 Å². The van der Waals surface area contributed by atoms with E-state index in [1.165, 1.54) is 40.0 Å². The molecule has 2 heteroatoms. The molecule has 0 spiro atoms. The molecule has 0 N–H and O–H groups in total. The van der Waals surface area contributed by atoms with Crippen molar-refractivity contribution < 1.29 is 4.79 Å². The molecule has 2 aromatic rings. The lowest BCUT2D eigenvalue weighted by atomic mass is 9.61. The lowest BCUT2D eigenvalue weighted by molar-refractivity contribution is 0.112. The van der Waals surface area contributed by atoms with Crippen molar-refractivity contribution in [3.63, 3.8) is 0 Å². The quantitative estimate of drug-likeness (QED) is 0.632. The average molecular weight is 312 g/mol. The fourth-order valence-electron chi connectivity index (χ4n) is 3.69. The molecule has 1 aromatic carbocycles. The second-order valence-electron chi connectivity index (χ2n) is 7.82. The first-order valence-electron chi connectivity index (χ1n) is 7.96. The first kappa shape index (κ1) is 15.5. The number of carbonyl (C=O) groups excluding carboxylic acids is 1. The molecule has 0 bridgehead atoms. The van der Waals surface area contributed by atoms with Gasteiger partial charge in [0.05, 0.1) is 4.88 Å². The van der Waals surface area contributed by atoms with Crippen LogP contribution in [-0.2, 0) is 10.8 Å². The first-order valence-corrected chi connectivity index (χ1v) is 8.77. The number of benzene rings is 1. The molecule has 0 saturated carbocycles. The Morgan fingerprint density at radius 2 is 1.73 bits per heavy atom. The fourth-order valence-corrected chi connectivity index (χ4v) is 4.53. The van der Waals surface area contributed by atoms with Crippen molar-refractivity contribution in [2.75, 3.05) is 0 Å². The topological polar surface area (TPSA) is 17.1 Å². The summed E-state index contributed by atoms with van der Waals surface area (Å²) in [6.07, 6.45) is 3.38. The van der Waals surface area contributed by atoms with Gasteiger partial charge in [-0.2, -0.15) is 0 Å². The standard InChI is InChI=1S/C20H24OS/c1-13-10-15(17-7-6-14(12-21)22-17)18-16(11-13)19(2,3)8-9-20(18,4)5/h6-7,10-12H,8-9H2,1-5H3. The van der Waals surface area contributed by atoms with E-state index in [-0.39, 0.29) is 10.8 Å². The maximum absolute atomic E-state index is 11.0. The Balaban J connectivity index is 2.31. The molecule has 1 aliphatic carbocycles. The molecule has 1 aliphatic rings. The van der Waals surface area contributed by atoms with E-state index >= 15 is 0 Å². The summed E-state index contributed by atoms with van der Waals surface area (Å²) in [4.78, 5) is 13.1. The normalized spacial score (nSPS) is 18.8. The van der Waals surface area contributed by atoms with Crippen molar-refractivity contribution in [3.05, 3.63) is 45.8 Å². The lowest BCUT2D eigenvalue weighted by Gasteiger charge is -2.43. The molecule has 0 saturated heterocycles. The Morgan fingerprint density at radius 3 is 2.36 bits per heavy atom. The summed E-state index contributed by atoms with van der Waals surface area (Å²) >= 11 is 1.60. The van der Waals surface area contributed by atoms with Crippen molar-refractivity contribution >= 4 is 17.6 Å². The third-order valence-corrected chi connectivity index (χ3v) is 6.12. The summed E-state index contributed by atoms with van der Waals surface area (Å²) in [5.41, 5.74) is 6.00. The number of rotatable bonds is 2. The second-order valence-corrected chi connectivity index (χ2v) is 8.94. The molecule has 0 radical (unpaired) electrons. The maximum atomic E-state index is 11.0. The number of hydrogen-bond acceptors (Lipinski definition) is 2. The van der Waals surface area contributed by atoms with Gasteiger partial charge in [-0.25, -0.2) is 0 Å². The van der Waals surface area contributed by atoms with Crippen LogP contribution in [0.4, 0.5) is 0 Å². The molecule has 0 atom stereocenters. The van der Waals surface area contributed by atoms with E-state index in [9.17, 15) is 4.79 Å². The molecule has 116 valence electrons. The van der Waals surface area contributed by atoms with Crippen LogP contribution in [0.5, 0.6) is 0 Å². The molecule has 3 rings (SSSR count). The van der Waals surface area contributed by atoms with Gasteiger partial charge in [0.1, 0.15) is 0 Å². The zero-order valence-corrected chi connectivity index (χ0v) is 14.9. The summed E-state index contributed by atoms with van der Waals surface area (Å²) in [6.45, 7) is 11.6. The highest BCUT2D eigenvalue weighted by atomic mass is 32.1. The average Bonchev–Trinajstić information content (AvgIpc) is 2.92. The van der Waals surface area contributed by atoms with E-state index in [0.29, 0.717) is 0 Å². The van der Waals surface area contributed by atoms with Crippen LogP contribution in [0, 0.1) is 6.92 Å². The summed E-state index contributed by atoms with van der Waals surface area (Å²) in [7, 11) is 0. The summed E-state index contributed by atoms with van der Waals surface area (Å²) in [6, 6.07) is 8.69. The van der Waals surface area contributed by atoms with Crippen LogP contribution in [-0.4, -0.2) is 6.29 Å². The monoisotopic (exact) mass is 312 g/mol. The Labute approximate surface area is 137 Å². The molecular weight excluding hydrogens is 288 g/mol. The minimum atomic E-state index is 0.180. The number of fused-ring (bicyclic) bond motifs is 1. The van der Waals surface area contributed by atoms with Gasteiger partial charge >= 0.3 is 0 Å². The number of thiophene rings is 1. The SMILES string of the molecule is Cc1cc(-c2ccc(C=O)s2)c2c(c1)C(C)(C)CCC2(C)C. The van der Waals surface area contributed by atoms with Crippen molar-refractivity contribution in [2.45, 2.75) is 58.3 Å². The minimum Gasteiger partial charge on any atom is -0.297 e. The predicted molar refractivity (Wildman–Crippen MR) is 95.2 cm³/mol. The Kier molecular flexibility index (Phi) is 3.56. The van der Waals surface area contributed by atoms with Gasteiger partial charge in [-0.1, -0.05) is 45.4 Å². The molecule has 1 nitrogen and oxygen atoms in total. The third kappa shape index (κ3) is 2.44. The highest BCUT2D eigenvalue weighted by molar-refractivity contribution is 7.17. The van der Waals surface area contributed by atoms with Crippen LogP contribution >= 0.6 is 11.3 Å². The van der Waals surface area contributed by atoms with E-state index in [1.807, 2.05) is 6.07 Å². The van der Waals surface area contributed by atoms with Gasteiger partial charge in [0.25, 0.3) is 0 Å². The first-order chi connectivity index (χ1) is 10.2. The molecule has 1 heterocycles. The van der Waals surface area contributed by atoms with Gasteiger partial charge in [-0.3, -0.25) is 4.79 Å². The molecule has 0 fully saturated rings. The number of carbonyl (C=O) groups is 1. The van der Waals surface area contributed by atoms with Crippen LogP contribution in [0.1, 0.15) is 66.9 Å². The maximum Gasteiger partial charge on any atom is 0.160 e. The molecule has 0 aliphatic heterocycles. The molecule has 0 amide bonds. The van der Waals surface area contributed by atoms with Gasteiger partial charge in [0, 0.05) is 4.88 Å². The summed E-state index contributed by atoms with van der Waals surface area (Å²) in [5.74, 6) is 0. The van der Waals surface area contributed by atoms with Crippen molar-refractivity contribution in [3.8, 4) is 10.4 Å². The van der Waals surface area contributed by atoms with Crippen molar-refractivity contribution in [1.82, 2.24) is 0 Å². The van der Waals surface area contributed by atoms with Gasteiger partial charge in [0.15, 0.2) is 6.29 Å². The van der Waals surface area contributed by atoms with Gasteiger partial charge in [-0.15, -0.1) is 11.3 Å². The zero-order valence-electron chi connectivity index (χ0n) is 14.1. The zero-order chi connectivity index (χ0) is 16.1. The molecular formula is C20H24OS. The number of aryl methyl sites for hydroxylation is 1.